The highest BCUT2D eigenvalue weighted by molar-refractivity contribution is 9.10. The molecule has 1 N–H and O–H groups in total. The van der Waals surface area contributed by atoms with Crippen LogP contribution in [0.5, 0.6) is 0 Å². The summed E-state index contributed by atoms with van der Waals surface area (Å²) in [6.07, 6.45) is 1.00. The van der Waals surface area contributed by atoms with Gasteiger partial charge in [0.15, 0.2) is 0 Å². The van der Waals surface area contributed by atoms with Crippen LogP contribution in [0.15, 0.2) is 46.9 Å². The van der Waals surface area contributed by atoms with Crippen molar-refractivity contribution in [3.05, 3.63) is 68.9 Å². The molecule has 1 aliphatic rings. The molecular weight excluding hydrogens is 353 g/mol. The Balaban J connectivity index is 1.98. The van der Waals surface area contributed by atoms with E-state index < -0.39 is 0 Å². The maximum Gasteiger partial charge on any atom is 0.123 e. The fraction of sp³-hybridized carbons (Fsp3) is 0.294. The van der Waals surface area contributed by atoms with Crippen LogP contribution in [0.1, 0.15) is 29.4 Å². The van der Waals surface area contributed by atoms with Crippen LogP contribution in [0.3, 0.4) is 0 Å². The zero-order valence-electron chi connectivity index (χ0n) is 11.5. The van der Waals surface area contributed by atoms with E-state index in [0.29, 0.717) is 5.92 Å². The molecule has 2 aromatic carbocycles. The summed E-state index contributed by atoms with van der Waals surface area (Å²) in [5.74, 6) is 0.375. The van der Waals surface area contributed by atoms with E-state index in [0.717, 1.165) is 40.1 Å². The highest BCUT2D eigenvalue weighted by atomic mass is 79.9. The first-order valence-electron chi connectivity index (χ1n) is 7.06. The van der Waals surface area contributed by atoms with E-state index in [4.69, 9.17) is 11.6 Å². The second-order valence-corrected chi connectivity index (χ2v) is 6.75. The van der Waals surface area contributed by atoms with Crippen molar-refractivity contribution in [2.75, 3.05) is 13.1 Å². The standard InChI is InChI=1S/C17H16BrClFN/c18-12-4-5-15(17(19)9-12)14-6-7-21-10-16(14)11-2-1-3-13(20)8-11/h1-5,8-9,14,16,21H,6-7,10H2. The van der Waals surface area contributed by atoms with Crippen molar-refractivity contribution in [2.45, 2.75) is 18.3 Å². The average Bonchev–Trinajstić information content (AvgIpc) is 2.47. The van der Waals surface area contributed by atoms with Crippen molar-refractivity contribution in [1.82, 2.24) is 5.32 Å². The number of benzene rings is 2. The third-order valence-electron chi connectivity index (χ3n) is 4.12. The van der Waals surface area contributed by atoms with Crippen LogP contribution < -0.4 is 5.32 Å². The molecule has 0 aromatic heterocycles. The van der Waals surface area contributed by atoms with Gasteiger partial charge in [-0.25, -0.2) is 4.39 Å². The molecule has 1 saturated heterocycles. The molecule has 0 spiro atoms. The molecule has 2 unspecified atom stereocenters. The molecule has 0 aliphatic carbocycles. The number of hydrogen-bond acceptors (Lipinski definition) is 1. The van der Waals surface area contributed by atoms with E-state index in [1.54, 1.807) is 12.1 Å². The van der Waals surface area contributed by atoms with Crippen molar-refractivity contribution < 1.29 is 4.39 Å². The summed E-state index contributed by atoms with van der Waals surface area (Å²) < 4.78 is 14.5. The Labute approximate surface area is 137 Å². The number of rotatable bonds is 2. The van der Waals surface area contributed by atoms with E-state index in [1.165, 1.54) is 6.07 Å². The van der Waals surface area contributed by atoms with Crippen molar-refractivity contribution >= 4 is 27.5 Å². The maximum atomic E-state index is 13.5. The van der Waals surface area contributed by atoms with Gasteiger partial charge in [-0.3, -0.25) is 0 Å². The Morgan fingerprint density at radius 2 is 2.00 bits per heavy atom. The zero-order chi connectivity index (χ0) is 14.8. The monoisotopic (exact) mass is 367 g/mol. The van der Waals surface area contributed by atoms with Crippen LogP contribution in [0.25, 0.3) is 0 Å². The second-order valence-electron chi connectivity index (χ2n) is 5.43. The van der Waals surface area contributed by atoms with Gasteiger partial charge >= 0.3 is 0 Å². The van der Waals surface area contributed by atoms with Crippen molar-refractivity contribution in [1.29, 1.82) is 0 Å². The highest BCUT2D eigenvalue weighted by Gasteiger charge is 2.29. The van der Waals surface area contributed by atoms with E-state index in [2.05, 4.69) is 27.3 Å². The SMILES string of the molecule is Fc1cccc(C2CNCCC2c2ccc(Br)cc2Cl)c1. The van der Waals surface area contributed by atoms with E-state index in [-0.39, 0.29) is 11.7 Å². The van der Waals surface area contributed by atoms with Gasteiger partial charge < -0.3 is 5.32 Å². The number of nitrogens with one attached hydrogen (secondary N) is 1. The summed E-state index contributed by atoms with van der Waals surface area (Å²) in [6.45, 7) is 1.81. The molecule has 1 aliphatic heterocycles. The molecule has 0 bridgehead atoms. The van der Waals surface area contributed by atoms with Crippen LogP contribution in [0.4, 0.5) is 4.39 Å². The van der Waals surface area contributed by atoms with Gasteiger partial charge in [0.05, 0.1) is 0 Å². The minimum Gasteiger partial charge on any atom is -0.316 e. The molecule has 1 heterocycles. The Kier molecular flexibility index (Phi) is 4.63. The Morgan fingerprint density at radius 3 is 2.76 bits per heavy atom. The van der Waals surface area contributed by atoms with E-state index >= 15 is 0 Å². The summed E-state index contributed by atoms with van der Waals surface area (Å²) in [5, 5.41) is 4.18. The van der Waals surface area contributed by atoms with Gasteiger partial charge in [-0.15, -0.1) is 0 Å². The van der Waals surface area contributed by atoms with Crippen LogP contribution in [0.2, 0.25) is 5.02 Å². The summed E-state index contributed by atoms with van der Waals surface area (Å²) in [6, 6.07) is 12.9. The quantitative estimate of drug-likeness (QED) is 0.777. The molecule has 1 nitrogen and oxygen atoms in total. The second kappa shape index (κ2) is 6.47. The normalized spacial score (nSPS) is 22.2. The molecule has 2 aromatic rings. The van der Waals surface area contributed by atoms with Gasteiger partial charge in [0.1, 0.15) is 5.82 Å². The molecule has 3 rings (SSSR count). The predicted octanol–water partition coefficient (Wildman–Crippen LogP) is 5.10. The van der Waals surface area contributed by atoms with Crippen molar-refractivity contribution in [3.8, 4) is 0 Å². The first kappa shape index (κ1) is 15.0. The molecule has 1 fully saturated rings. The Bertz CT molecular complexity index is 646. The van der Waals surface area contributed by atoms with Gasteiger partial charge in [-0.1, -0.05) is 45.7 Å². The highest BCUT2D eigenvalue weighted by Crippen LogP contribution is 2.40. The summed E-state index contributed by atoms with van der Waals surface area (Å²) in [7, 11) is 0. The smallest absolute Gasteiger partial charge is 0.123 e. The Hall–Kier alpha value is -0.900. The molecule has 21 heavy (non-hydrogen) atoms. The molecule has 4 heteroatoms. The minimum absolute atomic E-state index is 0.182. The van der Waals surface area contributed by atoms with Crippen molar-refractivity contribution in [3.63, 3.8) is 0 Å². The minimum atomic E-state index is -0.182. The fourth-order valence-corrected chi connectivity index (χ4v) is 3.93. The van der Waals surface area contributed by atoms with Crippen LogP contribution in [-0.2, 0) is 0 Å². The Morgan fingerprint density at radius 1 is 1.14 bits per heavy atom. The lowest BCUT2D eigenvalue weighted by Crippen LogP contribution is -2.34. The summed E-state index contributed by atoms with van der Waals surface area (Å²) in [4.78, 5) is 0. The predicted molar refractivity (Wildman–Crippen MR) is 88.5 cm³/mol. The van der Waals surface area contributed by atoms with Crippen LogP contribution in [0, 0.1) is 5.82 Å². The lowest BCUT2D eigenvalue weighted by molar-refractivity contribution is 0.403. The fourth-order valence-electron chi connectivity index (χ4n) is 3.12. The van der Waals surface area contributed by atoms with Crippen LogP contribution >= 0.6 is 27.5 Å². The zero-order valence-corrected chi connectivity index (χ0v) is 13.8. The maximum absolute atomic E-state index is 13.5. The molecule has 2 atom stereocenters. The molecule has 0 saturated carbocycles. The van der Waals surface area contributed by atoms with E-state index in [9.17, 15) is 4.39 Å². The first-order chi connectivity index (χ1) is 10.1. The van der Waals surface area contributed by atoms with Gasteiger partial charge in [-0.05, 0) is 54.3 Å². The average molecular weight is 369 g/mol. The van der Waals surface area contributed by atoms with Gasteiger partial charge in [0.2, 0.25) is 0 Å². The number of piperidine rings is 1. The lowest BCUT2D eigenvalue weighted by Gasteiger charge is -2.33. The third kappa shape index (κ3) is 3.31. The molecular formula is C17H16BrClFN. The molecule has 0 amide bonds. The first-order valence-corrected chi connectivity index (χ1v) is 8.23. The van der Waals surface area contributed by atoms with Crippen molar-refractivity contribution in [2.24, 2.45) is 0 Å². The third-order valence-corrected chi connectivity index (χ3v) is 4.94. The number of hydrogen-bond donors (Lipinski definition) is 1. The lowest BCUT2D eigenvalue weighted by atomic mass is 9.77. The molecule has 0 radical (unpaired) electrons. The summed E-state index contributed by atoms with van der Waals surface area (Å²) >= 11 is 9.87. The van der Waals surface area contributed by atoms with E-state index in [1.807, 2.05) is 18.2 Å². The topological polar surface area (TPSA) is 12.0 Å². The van der Waals surface area contributed by atoms with Crippen LogP contribution in [-0.4, -0.2) is 13.1 Å². The van der Waals surface area contributed by atoms with Gasteiger partial charge in [0.25, 0.3) is 0 Å². The van der Waals surface area contributed by atoms with Gasteiger partial charge in [-0.2, -0.15) is 0 Å². The number of halogens is 3. The largest absolute Gasteiger partial charge is 0.316 e. The van der Waals surface area contributed by atoms with Gasteiger partial charge in [0, 0.05) is 22.0 Å². The molecule has 110 valence electrons. The summed E-state index contributed by atoms with van der Waals surface area (Å²) in [5.41, 5.74) is 2.18.